The summed E-state index contributed by atoms with van der Waals surface area (Å²) < 4.78 is 5.73. The molecule has 1 rings (SSSR count). The lowest BCUT2D eigenvalue weighted by Gasteiger charge is -2.25. The van der Waals surface area contributed by atoms with Gasteiger partial charge in [-0.05, 0) is 38.6 Å². The third-order valence-corrected chi connectivity index (χ3v) is 3.67. The summed E-state index contributed by atoms with van der Waals surface area (Å²) in [6, 6.07) is 0. The molecule has 0 aromatic rings. The van der Waals surface area contributed by atoms with Crippen LogP contribution in [0.5, 0.6) is 0 Å². The van der Waals surface area contributed by atoms with Crippen LogP contribution in [0.1, 0.15) is 58.8 Å². The minimum absolute atomic E-state index is 0.445. The minimum Gasteiger partial charge on any atom is -0.386 e. The molecule has 1 aliphatic carbocycles. The number of rotatable bonds is 8. The number of hydrogen-bond donors (Lipinski definition) is 2. The second-order valence-corrected chi connectivity index (χ2v) is 6.05. The molecule has 1 atom stereocenters. The molecule has 18 heavy (non-hydrogen) atoms. The molecule has 0 spiro atoms. The van der Waals surface area contributed by atoms with E-state index in [0.29, 0.717) is 19.1 Å². The second kappa shape index (κ2) is 8.89. The maximum absolute atomic E-state index is 10.1. The molecule has 1 aliphatic rings. The summed E-state index contributed by atoms with van der Waals surface area (Å²) in [5.41, 5.74) is -0.736. The third-order valence-electron chi connectivity index (χ3n) is 3.67. The van der Waals surface area contributed by atoms with Gasteiger partial charge in [0.25, 0.3) is 0 Å². The van der Waals surface area contributed by atoms with Gasteiger partial charge in [-0.2, -0.15) is 0 Å². The largest absolute Gasteiger partial charge is 0.386 e. The molecule has 1 fully saturated rings. The van der Waals surface area contributed by atoms with E-state index in [4.69, 9.17) is 4.74 Å². The normalized spacial score (nSPS) is 21.5. The average molecular weight is 257 g/mol. The molecular formula is C15H31NO2. The number of hydrogen-bond acceptors (Lipinski definition) is 3. The van der Waals surface area contributed by atoms with Crippen LogP contribution >= 0.6 is 0 Å². The predicted octanol–water partition coefficient (Wildman–Crippen LogP) is 2.72. The molecule has 3 nitrogen and oxygen atoms in total. The molecule has 0 heterocycles. The van der Waals surface area contributed by atoms with E-state index in [2.05, 4.69) is 12.2 Å². The van der Waals surface area contributed by atoms with Gasteiger partial charge < -0.3 is 15.2 Å². The summed E-state index contributed by atoms with van der Waals surface area (Å²) in [6.07, 6.45) is 9.17. The molecule has 2 N–H and O–H groups in total. The van der Waals surface area contributed by atoms with Crippen molar-refractivity contribution in [2.45, 2.75) is 64.4 Å². The summed E-state index contributed by atoms with van der Waals surface area (Å²) in [7, 11) is 0. The van der Waals surface area contributed by atoms with E-state index in [9.17, 15) is 5.11 Å². The molecular weight excluding hydrogens is 226 g/mol. The Kier molecular flexibility index (Phi) is 7.87. The number of aliphatic hydroxyl groups is 1. The highest BCUT2D eigenvalue weighted by Gasteiger charge is 2.21. The van der Waals surface area contributed by atoms with Gasteiger partial charge >= 0.3 is 0 Å². The topological polar surface area (TPSA) is 41.5 Å². The van der Waals surface area contributed by atoms with E-state index >= 15 is 0 Å². The van der Waals surface area contributed by atoms with Crippen LogP contribution in [0.3, 0.4) is 0 Å². The van der Waals surface area contributed by atoms with Crippen molar-refractivity contribution in [2.24, 2.45) is 5.92 Å². The summed E-state index contributed by atoms with van der Waals surface area (Å²) in [4.78, 5) is 0. The van der Waals surface area contributed by atoms with E-state index in [0.717, 1.165) is 19.6 Å². The van der Waals surface area contributed by atoms with Crippen LogP contribution in [0.4, 0.5) is 0 Å². The van der Waals surface area contributed by atoms with Crippen LogP contribution in [0, 0.1) is 5.92 Å². The molecule has 0 bridgehead atoms. The van der Waals surface area contributed by atoms with Gasteiger partial charge in [-0.15, -0.1) is 0 Å². The van der Waals surface area contributed by atoms with Crippen LogP contribution in [0.25, 0.3) is 0 Å². The highest BCUT2D eigenvalue weighted by atomic mass is 16.5. The zero-order valence-electron chi connectivity index (χ0n) is 12.2. The van der Waals surface area contributed by atoms with E-state index < -0.39 is 5.60 Å². The van der Waals surface area contributed by atoms with E-state index in [-0.39, 0.29) is 0 Å². The van der Waals surface area contributed by atoms with Crippen molar-refractivity contribution in [3.05, 3.63) is 0 Å². The highest BCUT2D eigenvalue weighted by molar-refractivity contribution is 4.75. The van der Waals surface area contributed by atoms with Gasteiger partial charge in [-0.1, -0.05) is 32.6 Å². The lowest BCUT2D eigenvalue weighted by Crippen LogP contribution is -2.42. The highest BCUT2D eigenvalue weighted by Crippen LogP contribution is 2.23. The third kappa shape index (κ3) is 7.34. The fourth-order valence-corrected chi connectivity index (χ4v) is 2.56. The lowest BCUT2D eigenvalue weighted by atomic mass is 10.0. The molecule has 0 radical (unpaired) electrons. The first-order chi connectivity index (χ1) is 8.64. The van der Waals surface area contributed by atoms with E-state index in [1.807, 2.05) is 6.92 Å². The van der Waals surface area contributed by atoms with Crippen LogP contribution in [-0.4, -0.2) is 37.0 Å². The van der Waals surface area contributed by atoms with Gasteiger partial charge in [0.2, 0.25) is 0 Å². The minimum atomic E-state index is -0.736. The summed E-state index contributed by atoms with van der Waals surface area (Å²) in [6.45, 7) is 6.82. The van der Waals surface area contributed by atoms with Crippen LogP contribution in [0.2, 0.25) is 0 Å². The number of ether oxygens (including phenoxy) is 1. The van der Waals surface area contributed by atoms with Gasteiger partial charge in [-0.25, -0.2) is 0 Å². The quantitative estimate of drug-likeness (QED) is 0.519. The fraction of sp³-hybridized carbons (Fsp3) is 1.00. The molecule has 3 heteroatoms. The second-order valence-electron chi connectivity index (χ2n) is 6.05. The van der Waals surface area contributed by atoms with Crippen molar-refractivity contribution < 1.29 is 9.84 Å². The van der Waals surface area contributed by atoms with Crippen molar-refractivity contribution in [3.8, 4) is 0 Å². The standard InChI is InChI=1S/C15H31NO2/c1-3-10-16-12-15(2,17)13-18-11-14-8-6-4-5-7-9-14/h14,16-17H,3-13H2,1-2H3. The van der Waals surface area contributed by atoms with Gasteiger partial charge in [0.1, 0.15) is 0 Å². The Labute approximate surface area is 112 Å². The van der Waals surface area contributed by atoms with E-state index in [1.165, 1.54) is 38.5 Å². The zero-order valence-corrected chi connectivity index (χ0v) is 12.2. The monoisotopic (exact) mass is 257 g/mol. The molecule has 0 amide bonds. The van der Waals surface area contributed by atoms with Gasteiger partial charge in [-0.3, -0.25) is 0 Å². The molecule has 1 saturated carbocycles. The first-order valence-corrected chi connectivity index (χ1v) is 7.65. The van der Waals surface area contributed by atoms with Gasteiger partial charge in [0.05, 0.1) is 12.2 Å². The maximum Gasteiger partial charge on any atom is 0.0975 e. The maximum atomic E-state index is 10.1. The molecule has 0 saturated heterocycles. The van der Waals surface area contributed by atoms with E-state index in [1.54, 1.807) is 0 Å². The van der Waals surface area contributed by atoms with Crippen LogP contribution in [0.15, 0.2) is 0 Å². The smallest absolute Gasteiger partial charge is 0.0975 e. The van der Waals surface area contributed by atoms with Crippen molar-refractivity contribution in [1.82, 2.24) is 5.32 Å². The molecule has 0 aliphatic heterocycles. The Morgan fingerprint density at radius 3 is 2.50 bits per heavy atom. The molecule has 1 unspecified atom stereocenters. The fourth-order valence-electron chi connectivity index (χ4n) is 2.56. The molecule has 0 aromatic carbocycles. The Hall–Kier alpha value is -0.120. The van der Waals surface area contributed by atoms with Crippen molar-refractivity contribution in [2.75, 3.05) is 26.3 Å². The molecule has 108 valence electrons. The summed E-state index contributed by atoms with van der Waals surface area (Å²) in [5, 5.41) is 13.4. The summed E-state index contributed by atoms with van der Waals surface area (Å²) in [5.74, 6) is 0.715. The Bertz CT molecular complexity index is 199. The Morgan fingerprint density at radius 2 is 1.89 bits per heavy atom. The van der Waals surface area contributed by atoms with Gasteiger partial charge in [0.15, 0.2) is 0 Å². The predicted molar refractivity (Wildman–Crippen MR) is 75.8 cm³/mol. The van der Waals surface area contributed by atoms with Crippen molar-refractivity contribution >= 4 is 0 Å². The first-order valence-electron chi connectivity index (χ1n) is 7.65. The van der Waals surface area contributed by atoms with Crippen LogP contribution in [-0.2, 0) is 4.74 Å². The Morgan fingerprint density at radius 1 is 1.22 bits per heavy atom. The van der Waals surface area contributed by atoms with Crippen molar-refractivity contribution in [3.63, 3.8) is 0 Å². The number of nitrogens with one attached hydrogen (secondary N) is 1. The lowest BCUT2D eigenvalue weighted by molar-refractivity contribution is -0.0419. The SMILES string of the molecule is CCCNCC(C)(O)COCC1CCCCCC1. The van der Waals surface area contributed by atoms with Crippen LogP contribution < -0.4 is 5.32 Å². The van der Waals surface area contributed by atoms with Crippen molar-refractivity contribution in [1.29, 1.82) is 0 Å². The van der Waals surface area contributed by atoms with Gasteiger partial charge in [0, 0.05) is 13.2 Å². The summed E-state index contributed by atoms with van der Waals surface area (Å²) >= 11 is 0. The molecule has 0 aromatic heterocycles. The zero-order chi connectivity index (χ0) is 13.3. The first kappa shape index (κ1) is 15.9. The Balaban J connectivity index is 2.10. The average Bonchev–Trinajstić information content (AvgIpc) is 2.58.